The smallest absolute Gasteiger partial charge is 0.255 e. The highest BCUT2D eigenvalue weighted by Gasteiger charge is 2.24. The molecule has 19 heavy (non-hydrogen) atoms. The van der Waals surface area contributed by atoms with Crippen molar-refractivity contribution >= 4 is 5.91 Å². The van der Waals surface area contributed by atoms with Crippen molar-refractivity contribution in [3.63, 3.8) is 0 Å². The second kappa shape index (κ2) is 6.52. The molecule has 1 fully saturated rings. The van der Waals surface area contributed by atoms with E-state index in [4.69, 9.17) is 4.74 Å². The largest absolute Gasteiger partial charge is 0.494 e. The Hall–Kier alpha value is -1.62. The van der Waals surface area contributed by atoms with Crippen molar-refractivity contribution in [2.45, 2.75) is 44.2 Å². The lowest BCUT2D eigenvalue weighted by Gasteiger charge is -2.22. The van der Waals surface area contributed by atoms with Crippen LogP contribution in [0.1, 0.15) is 42.5 Å². The number of aliphatic hydroxyl groups is 1. The summed E-state index contributed by atoms with van der Waals surface area (Å²) in [6, 6.07) is 1.45. The summed E-state index contributed by atoms with van der Waals surface area (Å²) in [5.41, 5.74) is 0.453. The summed E-state index contributed by atoms with van der Waals surface area (Å²) in [6.45, 7) is 0. The Bertz CT molecular complexity index is 436. The summed E-state index contributed by atoms with van der Waals surface area (Å²) in [6.07, 6.45) is 7.35. The second-order valence-corrected chi connectivity index (χ2v) is 4.86. The molecule has 5 heteroatoms. The van der Waals surface area contributed by atoms with E-state index in [0.29, 0.717) is 11.3 Å². The first-order valence-corrected chi connectivity index (χ1v) is 6.69. The lowest BCUT2D eigenvalue weighted by atomic mass is 10.1. The minimum absolute atomic E-state index is 0.173. The third-order valence-electron chi connectivity index (χ3n) is 3.55. The molecule has 0 aliphatic heterocycles. The minimum Gasteiger partial charge on any atom is -0.494 e. The maximum atomic E-state index is 12.2. The van der Waals surface area contributed by atoms with Crippen LogP contribution in [0.25, 0.3) is 0 Å². The van der Waals surface area contributed by atoms with E-state index in [1.807, 2.05) is 0 Å². The van der Waals surface area contributed by atoms with E-state index in [9.17, 15) is 9.90 Å². The van der Waals surface area contributed by atoms with Crippen LogP contribution in [0.2, 0.25) is 0 Å². The van der Waals surface area contributed by atoms with Gasteiger partial charge >= 0.3 is 0 Å². The molecule has 1 amide bonds. The Morgan fingerprint density at radius 1 is 1.42 bits per heavy atom. The van der Waals surface area contributed by atoms with Gasteiger partial charge in [0.2, 0.25) is 0 Å². The van der Waals surface area contributed by atoms with E-state index in [0.717, 1.165) is 32.1 Å². The monoisotopic (exact) mass is 264 g/mol. The van der Waals surface area contributed by atoms with Gasteiger partial charge in [-0.1, -0.05) is 19.3 Å². The summed E-state index contributed by atoms with van der Waals surface area (Å²) < 4.78 is 5.12. The van der Waals surface area contributed by atoms with Crippen LogP contribution in [0.3, 0.4) is 0 Å². The van der Waals surface area contributed by atoms with Crippen molar-refractivity contribution in [3.05, 3.63) is 24.0 Å². The highest BCUT2D eigenvalue weighted by Crippen LogP contribution is 2.20. The fourth-order valence-corrected chi connectivity index (χ4v) is 2.43. The SMILES string of the molecule is COc1cnccc1C(=O)NC1CCCCCC1O. The molecule has 2 unspecified atom stereocenters. The number of carbonyl (C=O) groups is 1. The number of nitrogens with zero attached hydrogens (tertiary/aromatic N) is 1. The summed E-state index contributed by atoms with van der Waals surface area (Å²) >= 11 is 0. The first kappa shape index (κ1) is 13.8. The van der Waals surface area contributed by atoms with Gasteiger partial charge < -0.3 is 15.2 Å². The molecular weight excluding hydrogens is 244 g/mol. The number of carbonyl (C=O) groups excluding carboxylic acids is 1. The van der Waals surface area contributed by atoms with Gasteiger partial charge in [0.05, 0.1) is 31.0 Å². The van der Waals surface area contributed by atoms with Crippen molar-refractivity contribution in [1.82, 2.24) is 10.3 Å². The average Bonchev–Trinajstić information content (AvgIpc) is 2.64. The third-order valence-corrected chi connectivity index (χ3v) is 3.55. The summed E-state index contributed by atoms with van der Waals surface area (Å²) in [5, 5.41) is 12.9. The number of amides is 1. The van der Waals surface area contributed by atoms with Gasteiger partial charge in [0.25, 0.3) is 5.91 Å². The van der Waals surface area contributed by atoms with E-state index >= 15 is 0 Å². The van der Waals surface area contributed by atoms with Gasteiger partial charge in [0.15, 0.2) is 0 Å². The fourth-order valence-electron chi connectivity index (χ4n) is 2.43. The quantitative estimate of drug-likeness (QED) is 0.812. The van der Waals surface area contributed by atoms with Crippen molar-refractivity contribution in [2.75, 3.05) is 7.11 Å². The van der Waals surface area contributed by atoms with Gasteiger partial charge in [0.1, 0.15) is 5.75 Å². The van der Waals surface area contributed by atoms with Crippen LogP contribution in [0.4, 0.5) is 0 Å². The zero-order valence-corrected chi connectivity index (χ0v) is 11.1. The normalized spacial score (nSPS) is 23.5. The van der Waals surface area contributed by atoms with Gasteiger partial charge in [-0.25, -0.2) is 0 Å². The predicted octanol–water partition coefficient (Wildman–Crippen LogP) is 1.51. The minimum atomic E-state index is -0.459. The molecule has 104 valence electrons. The van der Waals surface area contributed by atoms with Crippen LogP contribution in [0, 0.1) is 0 Å². The van der Waals surface area contributed by atoms with E-state index < -0.39 is 6.10 Å². The second-order valence-electron chi connectivity index (χ2n) is 4.86. The number of methoxy groups -OCH3 is 1. The predicted molar refractivity (Wildman–Crippen MR) is 71.1 cm³/mol. The Morgan fingerprint density at radius 2 is 2.21 bits per heavy atom. The topological polar surface area (TPSA) is 71.5 Å². The number of hydrogen-bond donors (Lipinski definition) is 2. The van der Waals surface area contributed by atoms with E-state index in [-0.39, 0.29) is 11.9 Å². The first-order chi connectivity index (χ1) is 9.22. The molecule has 2 rings (SSSR count). The highest BCUT2D eigenvalue weighted by molar-refractivity contribution is 5.96. The molecule has 0 aromatic carbocycles. The Balaban J connectivity index is 2.07. The van der Waals surface area contributed by atoms with Gasteiger partial charge in [-0.2, -0.15) is 0 Å². The Labute approximate surface area is 113 Å². The van der Waals surface area contributed by atoms with Gasteiger partial charge in [-0.3, -0.25) is 9.78 Å². The van der Waals surface area contributed by atoms with Crippen LogP contribution >= 0.6 is 0 Å². The molecule has 2 atom stereocenters. The van der Waals surface area contributed by atoms with Crippen LogP contribution in [0.15, 0.2) is 18.5 Å². The van der Waals surface area contributed by atoms with Crippen molar-refractivity contribution < 1.29 is 14.6 Å². The molecule has 1 aromatic rings. The van der Waals surface area contributed by atoms with Crippen LogP contribution in [0.5, 0.6) is 5.75 Å². The molecule has 5 nitrogen and oxygen atoms in total. The first-order valence-electron chi connectivity index (χ1n) is 6.69. The molecule has 0 saturated heterocycles. The van der Waals surface area contributed by atoms with Crippen LogP contribution in [-0.2, 0) is 0 Å². The summed E-state index contributed by atoms with van der Waals surface area (Å²) in [5.74, 6) is 0.230. The van der Waals surface area contributed by atoms with Crippen molar-refractivity contribution in [1.29, 1.82) is 0 Å². The Morgan fingerprint density at radius 3 is 3.00 bits per heavy atom. The van der Waals surface area contributed by atoms with E-state index in [2.05, 4.69) is 10.3 Å². The van der Waals surface area contributed by atoms with Gasteiger partial charge in [-0.15, -0.1) is 0 Å². The van der Waals surface area contributed by atoms with Crippen LogP contribution < -0.4 is 10.1 Å². The molecular formula is C14H20N2O3. The average molecular weight is 264 g/mol. The van der Waals surface area contributed by atoms with Crippen molar-refractivity contribution in [2.24, 2.45) is 0 Å². The molecule has 1 aliphatic carbocycles. The van der Waals surface area contributed by atoms with Gasteiger partial charge in [0, 0.05) is 6.20 Å². The maximum Gasteiger partial charge on any atom is 0.255 e. The number of pyridine rings is 1. The van der Waals surface area contributed by atoms with Crippen molar-refractivity contribution in [3.8, 4) is 5.75 Å². The number of aromatic nitrogens is 1. The number of hydrogen-bond acceptors (Lipinski definition) is 4. The summed E-state index contributed by atoms with van der Waals surface area (Å²) in [7, 11) is 1.51. The molecule has 1 saturated carbocycles. The lowest BCUT2D eigenvalue weighted by Crippen LogP contribution is -2.42. The molecule has 0 spiro atoms. The van der Waals surface area contributed by atoms with Gasteiger partial charge in [-0.05, 0) is 18.9 Å². The summed E-state index contributed by atoms with van der Waals surface area (Å²) in [4.78, 5) is 16.1. The molecule has 1 aromatic heterocycles. The molecule has 0 radical (unpaired) electrons. The molecule has 1 heterocycles. The van der Waals surface area contributed by atoms with Crippen LogP contribution in [-0.4, -0.2) is 35.3 Å². The number of nitrogens with one attached hydrogen (secondary N) is 1. The van der Waals surface area contributed by atoms with E-state index in [1.54, 1.807) is 12.3 Å². The zero-order chi connectivity index (χ0) is 13.7. The fraction of sp³-hybridized carbons (Fsp3) is 0.571. The molecule has 1 aliphatic rings. The van der Waals surface area contributed by atoms with E-state index in [1.165, 1.54) is 13.3 Å². The number of ether oxygens (including phenoxy) is 1. The lowest BCUT2D eigenvalue weighted by molar-refractivity contribution is 0.0816. The highest BCUT2D eigenvalue weighted by atomic mass is 16.5. The standard InChI is InChI=1S/C14H20N2O3/c1-19-13-9-15-8-7-10(13)14(18)16-11-5-3-2-4-6-12(11)17/h7-9,11-12,17H,2-6H2,1H3,(H,16,18). The number of rotatable bonds is 3. The Kier molecular flexibility index (Phi) is 4.74. The number of aliphatic hydroxyl groups excluding tert-OH is 1. The third kappa shape index (κ3) is 3.44. The molecule has 2 N–H and O–H groups in total. The maximum absolute atomic E-state index is 12.2. The molecule has 0 bridgehead atoms. The zero-order valence-electron chi connectivity index (χ0n) is 11.1.